The summed E-state index contributed by atoms with van der Waals surface area (Å²) in [6, 6.07) is 2.66. The van der Waals surface area contributed by atoms with Crippen molar-refractivity contribution in [1.29, 1.82) is 0 Å². The fourth-order valence-corrected chi connectivity index (χ4v) is 2.27. The van der Waals surface area contributed by atoms with Crippen LogP contribution in [0.3, 0.4) is 0 Å². The molecule has 2 rings (SSSR count). The van der Waals surface area contributed by atoms with Crippen LogP contribution in [0.2, 0.25) is 0 Å². The molecule has 1 aromatic heterocycles. The summed E-state index contributed by atoms with van der Waals surface area (Å²) < 4.78 is 0. The Morgan fingerprint density at radius 2 is 2.12 bits per heavy atom. The molecule has 0 bridgehead atoms. The van der Waals surface area contributed by atoms with Crippen molar-refractivity contribution in [3.05, 3.63) is 18.1 Å². The van der Waals surface area contributed by atoms with Crippen molar-refractivity contribution in [3.8, 4) is 0 Å². The van der Waals surface area contributed by atoms with Gasteiger partial charge in [-0.2, -0.15) is 0 Å². The number of aromatic nitrogens is 2. The normalized spacial score (nSPS) is 17.8. The maximum absolute atomic E-state index is 5.56. The van der Waals surface area contributed by atoms with Crippen LogP contribution in [0.5, 0.6) is 0 Å². The van der Waals surface area contributed by atoms with Gasteiger partial charge in [-0.1, -0.05) is 0 Å². The Morgan fingerprint density at radius 1 is 1.41 bits per heavy atom. The molecule has 0 radical (unpaired) electrons. The van der Waals surface area contributed by atoms with Gasteiger partial charge in [0, 0.05) is 25.3 Å². The largest absolute Gasteiger partial charge is 0.356 e. The average molecular weight is 235 g/mol. The van der Waals surface area contributed by atoms with E-state index in [1.807, 2.05) is 6.07 Å². The van der Waals surface area contributed by atoms with Crippen LogP contribution in [0.15, 0.2) is 12.3 Å². The van der Waals surface area contributed by atoms with Gasteiger partial charge < -0.3 is 15.5 Å². The molecule has 5 nitrogen and oxygen atoms in total. The van der Waals surface area contributed by atoms with Gasteiger partial charge in [-0.3, -0.25) is 0 Å². The molecule has 0 spiro atoms. The van der Waals surface area contributed by atoms with Gasteiger partial charge in [0.2, 0.25) is 0 Å². The molecular formula is C12H21N5. The Bertz CT molecular complexity index is 358. The fourth-order valence-electron chi connectivity index (χ4n) is 2.27. The first-order chi connectivity index (χ1) is 8.20. The third-order valence-electron chi connectivity index (χ3n) is 3.39. The molecule has 1 fully saturated rings. The quantitative estimate of drug-likeness (QED) is 0.825. The molecule has 0 unspecified atom stereocenters. The molecule has 0 atom stereocenters. The summed E-state index contributed by atoms with van der Waals surface area (Å²) >= 11 is 0. The lowest BCUT2D eigenvalue weighted by Crippen LogP contribution is -2.42. The van der Waals surface area contributed by atoms with E-state index in [-0.39, 0.29) is 0 Å². The summed E-state index contributed by atoms with van der Waals surface area (Å²) in [5.41, 5.74) is 5.56. The molecule has 17 heavy (non-hydrogen) atoms. The summed E-state index contributed by atoms with van der Waals surface area (Å²) in [5, 5.41) is 0. The van der Waals surface area contributed by atoms with Crippen molar-refractivity contribution < 1.29 is 0 Å². The Hall–Kier alpha value is -1.20. The number of piperidine rings is 1. The Balaban J connectivity index is 2.00. The smallest absolute Gasteiger partial charge is 0.144 e. The monoisotopic (exact) mass is 235 g/mol. The minimum Gasteiger partial charge on any atom is -0.356 e. The van der Waals surface area contributed by atoms with Crippen LogP contribution in [-0.2, 0) is 6.54 Å². The minimum atomic E-state index is 0.405. The van der Waals surface area contributed by atoms with Crippen LogP contribution in [0.4, 0.5) is 5.82 Å². The van der Waals surface area contributed by atoms with Crippen LogP contribution < -0.4 is 10.6 Å². The zero-order chi connectivity index (χ0) is 12.3. The number of hydrogen-bond donors (Lipinski definition) is 1. The highest BCUT2D eigenvalue weighted by molar-refractivity contribution is 5.38. The van der Waals surface area contributed by atoms with Crippen molar-refractivity contribution in [1.82, 2.24) is 14.9 Å². The van der Waals surface area contributed by atoms with E-state index in [4.69, 9.17) is 5.73 Å². The standard InChI is InChI=1S/C12H21N5/c1-16(2)10-4-7-17(8-5-10)12-3-6-14-11(9-13)15-12/h3,6,10H,4-5,7-9,13H2,1-2H3. The predicted octanol–water partition coefficient (Wildman–Crippen LogP) is 0.466. The van der Waals surface area contributed by atoms with E-state index in [0.29, 0.717) is 12.6 Å². The molecule has 5 heteroatoms. The summed E-state index contributed by atoms with van der Waals surface area (Å²) in [7, 11) is 4.30. The topological polar surface area (TPSA) is 58.3 Å². The summed E-state index contributed by atoms with van der Waals surface area (Å²) in [4.78, 5) is 13.2. The zero-order valence-corrected chi connectivity index (χ0v) is 10.6. The van der Waals surface area contributed by atoms with Crippen LogP contribution in [0.1, 0.15) is 18.7 Å². The molecule has 0 amide bonds. The van der Waals surface area contributed by atoms with Crippen LogP contribution >= 0.6 is 0 Å². The van der Waals surface area contributed by atoms with E-state index in [2.05, 4.69) is 33.9 Å². The Labute approximate surface area is 103 Å². The Morgan fingerprint density at radius 3 is 2.71 bits per heavy atom. The van der Waals surface area contributed by atoms with Crippen molar-refractivity contribution in [2.75, 3.05) is 32.1 Å². The molecule has 94 valence electrons. The molecule has 1 aromatic rings. The summed E-state index contributed by atoms with van der Waals surface area (Å²) in [6.45, 7) is 2.52. The van der Waals surface area contributed by atoms with E-state index in [1.54, 1.807) is 6.20 Å². The van der Waals surface area contributed by atoms with Gasteiger partial charge >= 0.3 is 0 Å². The molecule has 2 N–H and O–H groups in total. The highest BCUT2D eigenvalue weighted by atomic mass is 15.2. The average Bonchev–Trinajstić information content (AvgIpc) is 2.39. The summed E-state index contributed by atoms with van der Waals surface area (Å²) in [6.07, 6.45) is 4.17. The van der Waals surface area contributed by atoms with Gasteiger partial charge in [0.1, 0.15) is 11.6 Å². The van der Waals surface area contributed by atoms with Gasteiger partial charge in [0.15, 0.2) is 0 Å². The van der Waals surface area contributed by atoms with E-state index >= 15 is 0 Å². The molecule has 1 aliphatic heterocycles. The van der Waals surface area contributed by atoms with Crippen LogP contribution in [0.25, 0.3) is 0 Å². The van der Waals surface area contributed by atoms with Crippen molar-refractivity contribution in [2.24, 2.45) is 5.73 Å². The second-order valence-corrected chi connectivity index (χ2v) is 4.72. The Kier molecular flexibility index (Phi) is 3.91. The van der Waals surface area contributed by atoms with E-state index in [0.717, 1.165) is 24.7 Å². The molecule has 1 aliphatic rings. The maximum atomic E-state index is 5.56. The molecule has 1 saturated heterocycles. The molecule has 0 saturated carbocycles. The number of nitrogens with two attached hydrogens (primary N) is 1. The van der Waals surface area contributed by atoms with Gasteiger partial charge in [-0.05, 0) is 33.0 Å². The predicted molar refractivity (Wildman–Crippen MR) is 68.8 cm³/mol. The zero-order valence-electron chi connectivity index (χ0n) is 10.6. The fraction of sp³-hybridized carbons (Fsp3) is 0.667. The van der Waals surface area contributed by atoms with Crippen molar-refractivity contribution in [3.63, 3.8) is 0 Å². The van der Waals surface area contributed by atoms with Crippen LogP contribution in [0, 0.1) is 0 Å². The highest BCUT2D eigenvalue weighted by Gasteiger charge is 2.21. The lowest BCUT2D eigenvalue weighted by atomic mass is 10.0. The number of nitrogens with zero attached hydrogens (tertiary/aromatic N) is 4. The lowest BCUT2D eigenvalue weighted by molar-refractivity contribution is 0.249. The van der Waals surface area contributed by atoms with Gasteiger partial charge in [0.05, 0.1) is 6.54 Å². The number of anilines is 1. The first kappa shape index (κ1) is 12.3. The van der Waals surface area contributed by atoms with E-state index in [1.165, 1.54) is 12.8 Å². The van der Waals surface area contributed by atoms with Crippen molar-refractivity contribution in [2.45, 2.75) is 25.4 Å². The lowest BCUT2D eigenvalue weighted by Gasteiger charge is -2.35. The molecule has 2 heterocycles. The molecular weight excluding hydrogens is 214 g/mol. The number of rotatable bonds is 3. The van der Waals surface area contributed by atoms with E-state index < -0.39 is 0 Å². The highest BCUT2D eigenvalue weighted by Crippen LogP contribution is 2.19. The third kappa shape index (κ3) is 2.92. The number of hydrogen-bond acceptors (Lipinski definition) is 5. The third-order valence-corrected chi connectivity index (χ3v) is 3.39. The summed E-state index contributed by atoms with van der Waals surface area (Å²) in [5.74, 6) is 1.73. The van der Waals surface area contributed by atoms with Gasteiger partial charge in [-0.25, -0.2) is 9.97 Å². The second-order valence-electron chi connectivity index (χ2n) is 4.72. The molecule has 0 aromatic carbocycles. The van der Waals surface area contributed by atoms with Crippen LogP contribution in [-0.4, -0.2) is 48.1 Å². The molecule has 0 aliphatic carbocycles. The second kappa shape index (κ2) is 5.42. The minimum absolute atomic E-state index is 0.405. The van der Waals surface area contributed by atoms with Gasteiger partial charge in [0.25, 0.3) is 0 Å². The van der Waals surface area contributed by atoms with Crippen molar-refractivity contribution >= 4 is 5.82 Å². The van der Waals surface area contributed by atoms with Gasteiger partial charge in [-0.15, -0.1) is 0 Å². The SMILES string of the molecule is CN(C)C1CCN(c2ccnc(CN)n2)CC1. The first-order valence-corrected chi connectivity index (χ1v) is 6.14. The first-order valence-electron chi connectivity index (χ1n) is 6.14. The van der Waals surface area contributed by atoms with E-state index in [9.17, 15) is 0 Å². The maximum Gasteiger partial charge on any atom is 0.144 e.